The van der Waals surface area contributed by atoms with Gasteiger partial charge >= 0.3 is 0 Å². The standard InChI is InChI=1S/C28H32N6O/c1-20-5-2-7-23(17-20)25-19-31-27(28-30-12-16-34(25)28)32-24-8-3-6-22(18-24)21-10-14-33(15-11-21)13-4-9-26(29)35/h2-3,5-8,12,16-19,21H,4,9-11,13-15H2,1H3,(H2,29,35)(H,31,32). The Morgan fingerprint density at radius 3 is 2.74 bits per heavy atom. The molecule has 1 fully saturated rings. The summed E-state index contributed by atoms with van der Waals surface area (Å²) in [5.74, 6) is 1.07. The molecule has 0 radical (unpaired) electrons. The van der Waals surface area contributed by atoms with Crippen LogP contribution in [0.5, 0.6) is 0 Å². The molecule has 0 spiro atoms. The topological polar surface area (TPSA) is 88.5 Å². The van der Waals surface area contributed by atoms with Crippen molar-refractivity contribution in [2.24, 2.45) is 5.73 Å². The van der Waals surface area contributed by atoms with Crippen molar-refractivity contribution in [1.29, 1.82) is 0 Å². The molecule has 2 aromatic carbocycles. The number of nitrogens with one attached hydrogen (secondary N) is 1. The zero-order valence-electron chi connectivity index (χ0n) is 20.2. The first-order chi connectivity index (χ1) is 17.1. The summed E-state index contributed by atoms with van der Waals surface area (Å²) in [4.78, 5) is 22.7. The minimum atomic E-state index is -0.212. The quantitative estimate of drug-likeness (QED) is 0.384. The third kappa shape index (κ3) is 5.35. The van der Waals surface area contributed by atoms with Crippen LogP contribution in [0.4, 0.5) is 11.5 Å². The summed E-state index contributed by atoms with van der Waals surface area (Å²) in [5.41, 5.74) is 11.8. The summed E-state index contributed by atoms with van der Waals surface area (Å²) in [5, 5.41) is 3.50. The van der Waals surface area contributed by atoms with Crippen molar-refractivity contribution in [2.75, 3.05) is 25.0 Å². The Morgan fingerprint density at radius 1 is 1.11 bits per heavy atom. The second kappa shape index (κ2) is 10.3. The number of likely N-dealkylation sites (tertiary alicyclic amines) is 1. The smallest absolute Gasteiger partial charge is 0.217 e. The second-order valence-corrected chi connectivity index (χ2v) is 9.42. The lowest BCUT2D eigenvalue weighted by molar-refractivity contribution is -0.118. The monoisotopic (exact) mass is 468 g/mol. The normalized spacial score (nSPS) is 14.9. The summed E-state index contributed by atoms with van der Waals surface area (Å²) < 4.78 is 2.09. The van der Waals surface area contributed by atoms with Gasteiger partial charge in [-0.25, -0.2) is 9.97 Å². The highest BCUT2D eigenvalue weighted by molar-refractivity contribution is 5.74. The van der Waals surface area contributed by atoms with Crippen LogP contribution in [0.1, 0.15) is 42.7 Å². The van der Waals surface area contributed by atoms with E-state index in [4.69, 9.17) is 10.7 Å². The van der Waals surface area contributed by atoms with E-state index >= 15 is 0 Å². The number of rotatable bonds is 8. The summed E-state index contributed by atoms with van der Waals surface area (Å²) in [6.45, 7) is 5.15. The van der Waals surface area contributed by atoms with Crippen molar-refractivity contribution >= 4 is 23.1 Å². The third-order valence-electron chi connectivity index (χ3n) is 6.85. The van der Waals surface area contributed by atoms with Gasteiger partial charge in [0, 0.05) is 30.1 Å². The first kappa shape index (κ1) is 23.1. The highest BCUT2D eigenvalue weighted by Gasteiger charge is 2.21. The number of primary amides is 1. The van der Waals surface area contributed by atoms with Gasteiger partial charge in [0.1, 0.15) is 0 Å². The molecule has 3 heterocycles. The lowest BCUT2D eigenvalue weighted by Gasteiger charge is -2.32. The number of nitrogens with two attached hydrogens (primary N) is 1. The molecule has 0 bridgehead atoms. The Bertz CT molecular complexity index is 1320. The fourth-order valence-electron chi connectivity index (χ4n) is 5.00. The number of anilines is 2. The van der Waals surface area contributed by atoms with Crippen LogP contribution in [-0.2, 0) is 4.79 Å². The van der Waals surface area contributed by atoms with Crippen molar-refractivity contribution in [3.63, 3.8) is 0 Å². The number of hydrogen-bond donors (Lipinski definition) is 2. The fraction of sp³-hybridized carbons (Fsp3) is 0.321. The molecule has 7 heteroatoms. The summed E-state index contributed by atoms with van der Waals surface area (Å²) in [6.07, 6.45) is 9.25. The number of imidazole rings is 1. The van der Waals surface area contributed by atoms with E-state index in [1.54, 1.807) is 0 Å². The van der Waals surface area contributed by atoms with Gasteiger partial charge in [0.2, 0.25) is 5.91 Å². The van der Waals surface area contributed by atoms with Crippen molar-refractivity contribution < 1.29 is 4.79 Å². The molecule has 180 valence electrons. The molecule has 0 atom stereocenters. The van der Waals surface area contributed by atoms with E-state index in [9.17, 15) is 4.79 Å². The number of benzene rings is 2. The van der Waals surface area contributed by atoms with E-state index in [-0.39, 0.29) is 5.91 Å². The Morgan fingerprint density at radius 2 is 1.94 bits per heavy atom. The number of carbonyl (C=O) groups is 1. The summed E-state index contributed by atoms with van der Waals surface area (Å²) in [7, 11) is 0. The SMILES string of the molecule is Cc1cccc(-c2cnc(Nc3cccc(C4CCN(CCCC(N)=O)CC4)c3)c3nccn23)c1. The van der Waals surface area contributed by atoms with Crippen LogP contribution in [0.3, 0.4) is 0 Å². The van der Waals surface area contributed by atoms with Gasteiger partial charge in [0.15, 0.2) is 11.5 Å². The molecule has 5 rings (SSSR count). The van der Waals surface area contributed by atoms with E-state index in [1.165, 1.54) is 11.1 Å². The average Bonchev–Trinajstić information content (AvgIpc) is 3.35. The molecule has 7 nitrogen and oxygen atoms in total. The molecular formula is C28H32N6O. The lowest BCUT2D eigenvalue weighted by atomic mass is 9.89. The fourth-order valence-corrected chi connectivity index (χ4v) is 5.00. The van der Waals surface area contributed by atoms with Crippen LogP contribution >= 0.6 is 0 Å². The number of aryl methyl sites for hydroxylation is 1. The van der Waals surface area contributed by atoms with E-state index in [0.29, 0.717) is 12.3 Å². The van der Waals surface area contributed by atoms with Gasteiger partial charge < -0.3 is 16.0 Å². The molecule has 0 unspecified atom stereocenters. The second-order valence-electron chi connectivity index (χ2n) is 9.42. The van der Waals surface area contributed by atoms with Gasteiger partial charge in [-0.1, -0.05) is 35.9 Å². The predicted molar refractivity (Wildman–Crippen MR) is 140 cm³/mol. The van der Waals surface area contributed by atoms with Gasteiger partial charge in [0.25, 0.3) is 0 Å². The molecule has 35 heavy (non-hydrogen) atoms. The minimum Gasteiger partial charge on any atom is -0.370 e. The zero-order valence-corrected chi connectivity index (χ0v) is 20.2. The minimum absolute atomic E-state index is 0.212. The Hall–Kier alpha value is -3.71. The highest BCUT2D eigenvalue weighted by atomic mass is 16.1. The maximum atomic E-state index is 11.0. The third-order valence-corrected chi connectivity index (χ3v) is 6.85. The Labute approximate surface area is 206 Å². The van der Waals surface area contributed by atoms with E-state index in [2.05, 4.69) is 75.1 Å². The number of aromatic nitrogens is 3. The zero-order chi connectivity index (χ0) is 24.2. The molecule has 3 N–H and O–H groups in total. The summed E-state index contributed by atoms with van der Waals surface area (Å²) in [6, 6.07) is 17.1. The van der Waals surface area contributed by atoms with Crippen molar-refractivity contribution in [3.05, 3.63) is 78.2 Å². The van der Waals surface area contributed by atoms with Crippen LogP contribution in [0.2, 0.25) is 0 Å². The van der Waals surface area contributed by atoms with Gasteiger partial charge in [-0.05, 0) is 75.5 Å². The molecular weight excluding hydrogens is 436 g/mol. The molecule has 2 aromatic heterocycles. The number of hydrogen-bond acceptors (Lipinski definition) is 5. The van der Waals surface area contributed by atoms with E-state index < -0.39 is 0 Å². The van der Waals surface area contributed by atoms with Crippen LogP contribution in [0, 0.1) is 6.92 Å². The van der Waals surface area contributed by atoms with Crippen molar-refractivity contribution in [3.8, 4) is 11.3 Å². The van der Waals surface area contributed by atoms with Crippen LogP contribution < -0.4 is 11.1 Å². The molecule has 1 aliphatic heterocycles. The maximum Gasteiger partial charge on any atom is 0.217 e. The maximum absolute atomic E-state index is 11.0. The largest absolute Gasteiger partial charge is 0.370 e. The molecule has 1 saturated heterocycles. The average molecular weight is 469 g/mol. The number of fused-ring (bicyclic) bond motifs is 1. The molecule has 4 aromatic rings. The van der Waals surface area contributed by atoms with Crippen molar-refractivity contribution in [2.45, 2.75) is 38.5 Å². The van der Waals surface area contributed by atoms with E-state index in [0.717, 1.165) is 67.3 Å². The van der Waals surface area contributed by atoms with Gasteiger partial charge in [-0.2, -0.15) is 0 Å². The lowest BCUT2D eigenvalue weighted by Crippen LogP contribution is -2.34. The Kier molecular flexibility index (Phi) is 6.77. The van der Waals surface area contributed by atoms with Crippen LogP contribution in [0.25, 0.3) is 16.9 Å². The molecule has 0 aliphatic carbocycles. The van der Waals surface area contributed by atoms with Crippen LogP contribution in [-0.4, -0.2) is 44.8 Å². The first-order valence-electron chi connectivity index (χ1n) is 12.3. The van der Waals surface area contributed by atoms with Gasteiger partial charge in [-0.3, -0.25) is 9.20 Å². The van der Waals surface area contributed by atoms with E-state index in [1.807, 2.05) is 18.6 Å². The van der Waals surface area contributed by atoms with Crippen molar-refractivity contribution in [1.82, 2.24) is 19.3 Å². The number of nitrogens with zero attached hydrogens (tertiary/aromatic N) is 4. The van der Waals surface area contributed by atoms with Gasteiger partial charge in [0.05, 0.1) is 11.9 Å². The van der Waals surface area contributed by atoms with Gasteiger partial charge in [-0.15, -0.1) is 0 Å². The number of carbonyl (C=O) groups excluding carboxylic acids is 1. The van der Waals surface area contributed by atoms with Crippen LogP contribution in [0.15, 0.2) is 67.1 Å². The number of piperidine rings is 1. The predicted octanol–water partition coefficient (Wildman–Crippen LogP) is 4.89. The summed E-state index contributed by atoms with van der Waals surface area (Å²) >= 11 is 0. The Balaban J connectivity index is 1.29. The molecule has 1 aliphatic rings. The first-order valence-corrected chi connectivity index (χ1v) is 12.3. The molecule has 1 amide bonds. The molecule has 0 saturated carbocycles. The number of amides is 1. The highest BCUT2D eigenvalue weighted by Crippen LogP contribution is 2.31.